The van der Waals surface area contributed by atoms with E-state index in [2.05, 4.69) is 48.3 Å². The number of nitrogens with zero attached hydrogens (tertiary/aromatic N) is 2. The quantitative estimate of drug-likeness (QED) is 0.268. The molecule has 154 valence electrons. The highest BCUT2D eigenvalue weighted by atomic mass is 32.2. The molecule has 2 aromatic carbocycles. The van der Waals surface area contributed by atoms with Crippen molar-refractivity contribution in [3.63, 3.8) is 0 Å². The fourth-order valence-electron chi connectivity index (χ4n) is 2.94. The summed E-state index contributed by atoms with van der Waals surface area (Å²) in [5.74, 6) is 2.03. The summed E-state index contributed by atoms with van der Waals surface area (Å²) in [6.45, 7) is 4.39. The molecular formula is C22H20N2O3S3. The van der Waals surface area contributed by atoms with Gasteiger partial charge in [-0.25, -0.2) is 4.79 Å². The molecule has 0 atom stereocenters. The minimum Gasteiger partial charge on any atom is -0.508 e. The Morgan fingerprint density at radius 2 is 1.70 bits per heavy atom. The van der Waals surface area contributed by atoms with Crippen LogP contribution in [0.15, 0.2) is 66.4 Å². The number of phenols is 1. The minimum absolute atomic E-state index is 0.0695. The Bertz CT molecular complexity index is 1220. The number of aromatic hydroxyl groups is 1. The standard InChI is InChI=1S/C22H20N2O3S3/c1-13(2)15-5-3-14(4-6-15)11-28-21-23-24-22(30-21)29-12-16-9-20(26)27-19-10-17(25)7-8-18(16)19/h3-10,13,25H,11-12H2,1-2H3. The summed E-state index contributed by atoms with van der Waals surface area (Å²) in [5.41, 5.74) is 3.41. The first kappa shape index (κ1) is 21.0. The Kier molecular flexibility index (Phi) is 6.46. The van der Waals surface area contributed by atoms with E-state index in [1.807, 2.05) is 0 Å². The molecule has 2 aromatic heterocycles. The first-order chi connectivity index (χ1) is 14.5. The molecule has 4 rings (SSSR count). The first-order valence-corrected chi connectivity index (χ1v) is 12.2. The fourth-order valence-corrected chi connectivity index (χ4v) is 5.90. The molecule has 0 bridgehead atoms. The van der Waals surface area contributed by atoms with E-state index in [0.29, 0.717) is 17.3 Å². The maximum Gasteiger partial charge on any atom is 0.336 e. The lowest BCUT2D eigenvalue weighted by Crippen LogP contribution is -1.99. The molecule has 0 aliphatic rings. The maximum absolute atomic E-state index is 11.8. The lowest BCUT2D eigenvalue weighted by atomic mass is 10.0. The Hall–Kier alpha value is -2.29. The predicted molar refractivity (Wildman–Crippen MR) is 124 cm³/mol. The van der Waals surface area contributed by atoms with E-state index in [0.717, 1.165) is 25.4 Å². The summed E-state index contributed by atoms with van der Waals surface area (Å²) >= 11 is 4.77. The molecule has 8 heteroatoms. The van der Waals surface area contributed by atoms with Gasteiger partial charge in [-0.05, 0) is 34.7 Å². The molecule has 0 fully saturated rings. The van der Waals surface area contributed by atoms with Crippen molar-refractivity contribution < 1.29 is 9.52 Å². The van der Waals surface area contributed by atoms with E-state index < -0.39 is 5.63 Å². The first-order valence-electron chi connectivity index (χ1n) is 9.41. The normalized spacial score (nSPS) is 11.4. The summed E-state index contributed by atoms with van der Waals surface area (Å²) in [6, 6.07) is 15.0. The molecule has 0 radical (unpaired) electrons. The van der Waals surface area contributed by atoms with Crippen molar-refractivity contribution in [3.8, 4) is 5.75 Å². The van der Waals surface area contributed by atoms with Crippen molar-refractivity contribution in [2.24, 2.45) is 0 Å². The van der Waals surface area contributed by atoms with Crippen LogP contribution in [0.25, 0.3) is 11.0 Å². The molecule has 5 nitrogen and oxygen atoms in total. The highest BCUT2D eigenvalue weighted by Crippen LogP contribution is 2.33. The maximum atomic E-state index is 11.8. The second-order valence-electron chi connectivity index (χ2n) is 7.08. The summed E-state index contributed by atoms with van der Waals surface area (Å²) in [4.78, 5) is 11.8. The van der Waals surface area contributed by atoms with Gasteiger partial charge in [-0.1, -0.05) is 73.0 Å². The van der Waals surface area contributed by atoms with Gasteiger partial charge in [0.2, 0.25) is 0 Å². The SMILES string of the molecule is CC(C)c1ccc(CSc2nnc(SCc3cc(=O)oc4cc(O)ccc34)s2)cc1. The van der Waals surface area contributed by atoms with E-state index in [-0.39, 0.29) is 5.75 Å². The summed E-state index contributed by atoms with van der Waals surface area (Å²) in [5, 5.41) is 19.0. The van der Waals surface area contributed by atoms with Crippen LogP contribution >= 0.6 is 34.9 Å². The van der Waals surface area contributed by atoms with Crippen LogP contribution in [0.2, 0.25) is 0 Å². The van der Waals surface area contributed by atoms with Crippen molar-refractivity contribution in [2.45, 2.75) is 40.0 Å². The van der Waals surface area contributed by atoms with Crippen LogP contribution in [0.5, 0.6) is 5.75 Å². The Morgan fingerprint density at radius 1 is 1.00 bits per heavy atom. The van der Waals surface area contributed by atoms with Gasteiger partial charge in [-0.3, -0.25) is 0 Å². The van der Waals surface area contributed by atoms with Gasteiger partial charge in [0.1, 0.15) is 11.3 Å². The van der Waals surface area contributed by atoms with Crippen LogP contribution in [0.4, 0.5) is 0 Å². The molecule has 0 spiro atoms. The van der Waals surface area contributed by atoms with Gasteiger partial charge in [-0.15, -0.1) is 10.2 Å². The van der Waals surface area contributed by atoms with Gasteiger partial charge in [0, 0.05) is 29.0 Å². The molecular weight excluding hydrogens is 436 g/mol. The van der Waals surface area contributed by atoms with E-state index in [9.17, 15) is 9.90 Å². The Balaban J connectivity index is 1.39. The third-order valence-electron chi connectivity index (χ3n) is 4.56. The molecule has 30 heavy (non-hydrogen) atoms. The molecule has 0 aliphatic heterocycles. The van der Waals surface area contributed by atoms with Crippen LogP contribution < -0.4 is 5.63 Å². The number of hydrogen-bond donors (Lipinski definition) is 1. The zero-order chi connectivity index (χ0) is 21.1. The molecule has 4 aromatic rings. The topological polar surface area (TPSA) is 76.2 Å². The number of fused-ring (bicyclic) bond motifs is 1. The molecule has 0 aliphatic carbocycles. The van der Waals surface area contributed by atoms with Gasteiger partial charge in [0.25, 0.3) is 0 Å². The Morgan fingerprint density at radius 3 is 2.40 bits per heavy atom. The molecule has 0 saturated heterocycles. The van der Waals surface area contributed by atoms with Crippen LogP contribution in [-0.4, -0.2) is 15.3 Å². The third-order valence-corrected chi connectivity index (χ3v) is 7.87. The number of thioether (sulfide) groups is 2. The zero-order valence-electron chi connectivity index (χ0n) is 16.5. The van der Waals surface area contributed by atoms with Crippen LogP contribution in [0.1, 0.15) is 36.5 Å². The van der Waals surface area contributed by atoms with Gasteiger partial charge >= 0.3 is 5.63 Å². The average Bonchev–Trinajstić information content (AvgIpc) is 3.18. The van der Waals surface area contributed by atoms with Crippen LogP contribution in [0.3, 0.4) is 0 Å². The summed E-state index contributed by atoms with van der Waals surface area (Å²) in [6.07, 6.45) is 0. The van der Waals surface area contributed by atoms with E-state index >= 15 is 0 Å². The summed E-state index contributed by atoms with van der Waals surface area (Å²) in [7, 11) is 0. The van der Waals surface area contributed by atoms with E-state index in [1.54, 1.807) is 35.2 Å². The summed E-state index contributed by atoms with van der Waals surface area (Å²) < 4.78 is 6.96. The molecule has 1 N–H and O–H groups in total. The smallest absolute Gasteiger partial charge is 0.336 e. The lowest BCUT2D eigenvalue weighted by molar-refractivity contribution is 0.473. The van der Waals surface area contributed by atoms with Crippen LogP contribution in [-0.2, 0) is 11.5 Å². The number of aromatic nitrogens is 2. The van der Waals surface area contributed by atoms with Crippen molar-refractivity contribution in [1.29, 1.82) is 0 Å². The van der Waals surface area contributed by atoms with Crippen molar-refractivity contribution in [2.75, 3.05) is 0 Å². The predicted octanol–water partition coefficient (Wildman–Crippen LogP) is 6.06. The number of phenolic OH excluding ortho intramolecular Hbond substituents is 1. The number of rotatable bonds is 7. The third kappa shape index (κ3) is 5.06. The monoisotopic (exact) mass is 456 g/mol. The zero-order valence-corrected chi connectivity index (χ0v) is 18.9. The molecule has 2 heterocycles. The van der Waals surface area contributed by atoms with Gasteiger partial charge in [0.05, 0.1) is 0 Å². The van der Waals surface area contributed by atoms with E-state index in [1.165, 1.54) is 35.0 Å². The van der Waals surface area contributed by atoms with E-state index in [4.69, 9.17) is 4.42 Å². The van der Waals surface area contributed by atoms with Crippen molar-refractivity contribution in [3.05, 3.63) is 75.6 Å². The highest BCUT2D eigenvalue weighted by molar-refractivity contribution is 8.02. The molecule has 0 saturated carbocycles. The average molecular weight is 457 g/mol. The number of benzene rings is 2. The Labute approximate surface area is 186 Å². The largest absolute Gasteiger partial charge is 0.508 e. The second kappa shape index (κ2) is 9.24. The van der Waals surface area contributed by atoms with Crippen LogP contribution in [0, 0.1) is 0 Å². The molecule has 0 amide bonds. The van der Waals surface area contributed by atoms with Crippen molar-refractivity contribution >= 4 is 45.8 Å². The van der Waals surface area contributed by atoms with Gasteiger partial charge in [0.15, 0.2) is 8.68 Å². The number of hydrogen-bond acceptors (Lipinski definition) is 8. The molecule has 0 unspecified atom stereocenters. The van der Waals surface area contributed by atoms with Gasteiger partial charge in [-0.2, -0.15) is 0 Å². The highest BCUT2D eigenvalue weighted by Gasteiger charge is 2.10. The van der Waals surface area contributed by atoms with Gasteiger partial charge < -0.3 is 9.52 Å². The lowest BCUT2D eigenvalue weighted by Gasteiger charge is -2.06. The fraction of sp³-hybridized carbons (Fsp3) is 0.227. The minimum atomic E-state index is -0.430. The van der Waals surface area contributed by atoms with Crippen molar-refractivity contribution in [1.82, 2.24) is 10.2 Å². The second-order valence-corrected chi connectivity index (χ2v) is 10.5.